The van der Waals surface area contributed by atoms with Crippen LogP contribution in [0.5, 0.6) is 0 Å². The summed E-state index contributed by atoms with van der Waals surface area (Å²) in [4.78, 5) is 26.9. The Morgan fingerprint density at radius 3 is 2.62 bits per heavy atom. The van der Waals surface area contributed by atoms with Gasteiger partial charge >= 0.3 is 0 Å². The van der Waals surface area contributed by atoms with E-state index in [1.54, 1.807) is 17.0 Å². The summed E-state index contributed by atoms with van der Waals surface area (Å²) in [5.41, 5.74) is 0.716. The van der Waals surface area contributed by atoms with Crippen molar-refractivity contribution < 1.29 is 14.0 Å². The maximum absolute atomic E-state index is 13.6. The maximum atomic E-state index is 13.6. The van der Waals surface area contributed by atoms with Crippen LogP contribution in [-0.2, 0) is 9.59 Å². The maximum Gasteiger partial charge on any atom is 0.243 e. The fourth-order valence-corrected chi connectivity index (χ4v) is 4.04. The number of carbonyl (C=O) groups is 2. The van der Waals surface area contributed by atoms with Crippen molar-refractivity contribution in [3.05, 3.63) is 35.6 Å². The zero-order valence-corrected chi connectivity index (χ0v) is 15.4. The van der Waals surface area contributed by atoms with Gasteiger partial charge in [0.1, 0.15) is 17.2 Å². The van der Waals surface area contributed by atoms with E-state index in [2.05, 4.69) is 5.32 Å². The lowest BCUT2D eigenvalue weighted by Gasteiger charge is -2.30. The van der Waals surface area contributed by atoms with Gasteiger partial charge in [-0.3, -0.25) is 9.59 Å². The lowest BCUT2D eigenvalue weighted by Crippen LogP contribution is -2.49. The molecule has 0 aromatic heterocycles. The van der Waals surface area contributed by atoms with E-state index >= 15 is 0 Å². The minimum Gasteiger partial charge on any atom is -0.354 e. The van der Waals surface area contributed by atoms with Crippen LogP contribution in [0.1, 0.15) is 38.6 Å². The van der Waals surface area contributed by atoms with Crippen molar-refractivity contribution in [2.75, 3.05) is 12.3 Å². The van der Waals surface area contributed by atoms with Gasteiger partial charge < -0.3 is 10.2 Å². The summed E-state index contributed by atoms with van der Waals surface area (Å²) in [7, 11) is 0. The molecule has 2 atom stereocenters. The molecule has 1 aliphatic rings. The minimum absolute atomic E-state index is 0.0843. The Morgan fingerprint density at radius 1 is 1.33 bits per heavy atom. The third-order valence-electron chi connectivity index (χ3n) is 3.87. The molecule has 1 heterocycles. The van der Waals surface area contributed by atoms with Gasteiger partial charge in [0.25, 0.3) is 0 Å². The first kappa shape index (κ1) is 18.8. The lowest BCUT2D eigenvalue weighted by molar-refractivity contribution is -0.142. The van der Waals surface area contributed by atoms with Gasteiger partial charge in [0, 0.05) is 18.2 Å². The van der Waals surface area contributed by atoms with Gasteiger partial charge in [-0.25, -0.2) is 4.39 Å². The second kappa shape index (κ2) is 8.01. The van der Waals surface area contributed by atoms with Gasteiger partial charge in [0.15, 0.2) is 0 Å². The average Bonchev–Trinajstić information content (AvgIpc) is 2.96. The van der Waals surface area contributed by atoms with E-state index in [-0.39, 0.29) is 28.9 Å². The summed E-state index contributed by atoms with van der Waals surface area (Å²) >= 11 is 1.51. The van der Waals surface area contributed by atoms with E-state index in [1.807, 2.05) is 27.7 Å². The molecule has 0 spiro atoms. The van der Waals surface area contributed by atoms with Crippen LogP contribution in [0, 0.1) is 17.7 Å². The molecule has 2 amide bonds. The fraction of sp³-hybridized carbons (Fsp3) is 0.556. The number of benzene rings is 1. The van der Waals surface area contributed by atoms with Crippen molar-refractivity contribution in [3.8, 4) is 0 Å². The molecule has 1 aromatic carbocycles. The SMILES string of the molecule is CC(C)CNC(=O)C1CSC(c2cccc(F)c2)N1C(=O)C(C)C. The Hall–Kier alpha value is -1.56. The molecule has 24 heavy (non-hydrogen) atoms. The Morgan fingerprint density at radius 2 is 2.04 bits per heavy atom. The highest BCUT2D eigenvalue weighted by Crippen LogP contribution is 2.42. The molecule has 132 valence electrons. The van der Waals surface area contributed by atoms with Crippen molar-refractivity contribution in [3.63, 3.8) is 0 Å². The molecule has 0 bridgehead atoms. The highest BCUT2D eigenvalue weighted by atomic mass is 32.2. The Labute approximate surface area is 147 Å². The van der Waals surface area contributed by atoms with E-state index in [1.165, 1.54) is 23.9 Å². The molecule has 1 N–H and O–H groups in total. The second-order valence-corrected chi connectivity index (χ2v) is 7.91. The third-order valence-corrected chi connectivity index (χ3v) is 5.19. The summed E-state index contributed by atoms with van der Waals surface area (Å²) in [5, 5.41) is 2.58. The second-order valence-electron chi connectivity index (χ2n) is 6.80. The Balaban J connectivity index is 2.26. The summed E-state index contributed by atoms with van der Waals surface area (Å²) in [5.74, 6) is 0.0843. The van der Waals surface area contributed by atoms with Crippen molar-refractivity contribution in [2.24, 2.45) is 11.8 Å². The molecule has 1 aromatic rings. The zero-order chi connectivity index (χ0) is 17.9. The van der Waals surface area contributed by atoms with Crippen LogP contribution in [0.2, 0.25) is 0 Å². The number of nitrogens with zero attached hydrogens (tertiary/aromatic N) is 1. The summed E-state index contributed by atoms with van der Waals surface area (Å²) in [6, 6.07) is 5.74. The predicted octanol–water partition coefficient (Wildman–Crippen LogP) is 3.20. The predicted molar refractivity (Wildman–Crippen MR) is 94.9 cm³/mol. The van der Waals surface area contributed by atoms with E-state index in [0.717, 1.165) is 0 Å². The largest absolute Gasteiger partial charge is 0.354 e. The van der Waals surface area contributed by atoms with Gasteiger partial charge in [0.2, 0.25) is 11.8 Å². The molecule has 0 saturated carbocycles. The quantitative estimate of drug-likeness (QED) is 0.885. The summed E-state index contributed by atoms with van der Waals surface area (Å²) < 4.78 is 13.6. The Bertz CT molecular complexity index is 606. The number of rotatable bonds is 5. The average molecular weight is 352 g/mol. The van der Waals surface area contributed by atoms with Crippen LogP contribution < -0.4 is 5.32 Å². The molecule has 1 fully saturated rings. The number of amides is 2. The van der Waals surface area contributed by atoms with Gasteiger partial charge in [-0.05, 0) is 23.6 Å². The van der Waals surface area contributed by atoms with Gasteiger partial charge in [-0.1, -0.05) is 39.8 Å². The van der Waals surface area contributed by atoms with E-state index in [9.17, 15) is 14.0 Å². The van der Waals surface area contributed by atoms with Gasteiger partial charge in [-0.2, -0.15) is 0 Å². The normalized spacial score (nSPS) is 20.7. The van der Waals surface area contributed by atoms with E-state index in [0.29, 0.717) is 23.8 Å². The third kappa shape index (κ3) is 4.29. The molecule has 2 rings (SSSR count). The first-order valence-corrected chi connectivity index (χ1v) is 9.33. The monoisotopic (exact) mass is 352 g/mol. The molecular weight excluding hydrogens is 327 g/mol. The Kier molecular flexibility index (Phi) is 6.27. The van der Waals surface area contributed by atoms with Crippen LogP contribution in [0.15, 0.2) is 24.3 Å². The molecule has 6 heteroatoms. The first-order valence-electron chi connectivity index (χ1n) is 8.28. The topological polar surface area (TPSA) is 49.4 Å². The number of hydrogen-bond acceptors (Lipinski definition) is 3. The smallest absolute Gasteiger partial charge is 0.243 e. The van der Waals surface area contributed by atoms with Crippen molar-refractivity contribution >= 4 is 23.6 Å². The van der Waals surface area contributed by atoms with Crippen LogP contribution >= 0.6 is 11.8 Å². The molecule has 2 unspecified atom stereocenters. The highest BCUT2D eigenvalue weighted by Gasteiger charge is 2.42. The van der Waals surface area contributed by atoms with Gasteiger partial charge in [0.05, 0.1) is 0 Å². The number of carbonyl (C=O) groups excluding carboxylic acids is 2. The van der Waals surface area contributed by atoms with Crippen LogP contribution in [0.3, 0.4) is 0 Å². The van der Waals surface area contributed by atoms with Crippen molar-refractivity contribution in [1.29, 1.82) is 0 Å². The van der Waals surface area contributed by atoms with Crippen molar-refractivity contribution in [1.82, 2.24) is 10.2 Å². The zero-order valence-electron chi connectivity index (χ0n) is 14.6. The molecule has 0 radical (unpaired) electrons. The number of nitrogens with one attached hydrogen (secondary N) is 1. The van der Waals surface area contributed by atoms with Crippen LogP contribution in [-0.4, -0.2) is 35.1 Å². The molecule has 0 aliphatic carbocycles. The highest BCUT2D eigenvalue weighted by molar-refractivity contribution is 7.99. The molecule has 1 aliphatic heterocycles. The first-order chi connectivity index (χ1) is 11.3. The molecule has 4 nitrogen and oxygen atoms in total. The van der Waals surface area contributed by atoms with Crippen molar-refractivity contribution in [2.45, 2.75) is 39.1 Å². The van der Waals surface area contributed by atoms with E-state index < -0.39 is 6.04 Å². The molecule has 1 saturated heterocycles. The minimum atomic E-state index is -0.517. The van der Waals surface area contributed by atoms with Crippen LogP contribution in [0.4, 0.5) is 4.39 Å². The lowest BCUT2D eigenvalue weighted by atomic mass is 10.1. The van der Waals surface area contributed by atoms with E-state index in [4.69, 9.17) is 0 Å². The van der Waals surface area contributed by atoms with Crippen LogP contribution in [0.25, 0.3) is 0 Å². The molecular formula is C18H25FN2O2S. The van der Waals surface area contributed by atoms with Gasteiger partial charge in [-0.15, -0.1) is 11.8 Å². The number of hydrogen-bond donors (Lipinski definition) is 1. The summed E-state index contributed by atoms with van der Waals surface area (Å²) in [6.07, 6.45) is 0. The summed E-state index contributed by atoms with van der Waals surface area (Å²) in [6.45, 7) is 8.26. The fourth-order valence-electron chi connectivity index (χ4n) is 2.62. The number of halogens is 1. The standard InChI is InChI=1S/C18H25FN2O2S/c1-11(2)9-20-16(22)15-10-24-18(21(15)17(23)12(3)4)13-6-5-7-14(19)8-13/h5-8,11-12,15,18H,9-10H2,1-4H3,(H,20,22). The number of thioether (sulfide) groups is 1.